The Bertz CT molecular complexity index is 485. The molecule has 1 fully saturated rings. The molecule has 0 bridgehead atoms. The predicted molar refractivity (Wildman–Crippen MR) is 64.9 cm³/mol. The molecule has 6 nitrogen and oxygen atoms in total. The molecule has 0 spiro atoms. The first-order valence-electron chi connectivity index (χ1n) is 6.05. The van der Waals surface area contributed by atoms with Crippen LogP contribution in [0, 0.1) is 0 Å². The number of hydrogen-bond donors (Lipinski definition) is 2. The summed E-state index contributed by atoms with van der Waals surface area (Å²) in [6.45, 7) is 2.09. The SMILES string of the molecule is c1cn2cnnc2c(NC2CCCCNC2)n1. The van der Waals surface area contributed by atoms with E-state index in [1.54, 1.807) is 12.5 Å². The topological polar surface area (TPSA) is 67.1 Å². The Morgan fingerprint density at radius 2 is 2.41 bits per heavy atom. The zero-order chi connectivity index (χ0) is 11.5. The Balaban J connectivity index is 1.81. The van der Waals surface area contributed by atoms with Crippen molar-refractivity contribution in [1.29, 1.82) is 0 Å². The van der Waals surface area contributed by atoms with Gasteiger partial charge in [-0.1, -0.05) is 6.42 Å². The van der Waals surface area contributed by atoms with Crippen molar-refractivity contribution in [2.24, 2.45) is 0 Å². The predicted octanol–water partition coefficient (Wildman–Crippen LogP) is 0.678. The molecule has 90 valence electrons. The lowest BCUT2D eigenvalue weighted by atomic mass is 10.1. The highest BCUT2D eigenvalue weighted by Crippen LogP contribution is 2.14. The van der Waals surface area contributed by atoms with Crippen molar-refractivity contribution in [3.8, 4) is 0 Å². The molecular weight excluding hydrogens is 216 g/mol. The summed E-state index contributed by atoms with van der Waals surface area (Å²) in [5.41, 5.74) is 0.789. The van der Waals surface area contributed by atoms with Crippen LogP contribution in [0.25, 0.3) is 5.65 Å². The first kappa shape index (κ1) is 10.5. The maximum absolute atomic E-state index is 4.34. The van der Waals surface area contributed by atoms with E-state index >= 15 is 0 Å². The number of anilines is 1. The maximum Gasteiger partial charge on any atom is 0.203 e. The van der Waals surface area contributed by atoms with Crippen LogP contribution in [-0.2, 0) is 0 Å². The first-order valence-corrected chi connectivity index (χ1v) is 6.05. The van der Waals surface area contributed by atoms with E-state index in [-0.39, 0.29) is 0 Å². The Morgan fingerprint density at radius 1 is 1.41 bits per heavy atom. The van der Waals surface area contributed by atoms with Crippen LogP contribution < -0.4 is 10.6 Å². The van der Waals surface area contributed by atoms with Crippen molar-refractivity contribution in [2.45, 2.75) is 25.3 Å². The molecule has 1 aliphatic heterocycles. The molecule has 2 N–H and O–H groups in total. The maximum atomic E-state index is 4.34. The summed E-state index contributed by atoms with van der Waals surface area (Å²) in [6.07, 6.45) is 8.98. The number of aromatic nitrogens is 4. The van der Waals surface area contributed by atoms with Gasteiger partial charge in [-0.3, -0.25) is 4.40 Å². The average molecular weight is 232 g/mol. The van der Waals surface area contributed by atoms with Crippen molar-refractivity contribution >= 4 is 11.5 Å². The molecule has 1 atom stereocenters. The number of rotatable bonds is 2. The van der Waals surface area contributed by atoms with Gasteiger partial charge in [0, 0.05) is 25.0 Å². The summed E-state index contributed by atoms with van der Waals surface area (Å²) in [6, 6.07) is 0.424. The van der Waals surface area contributed by atoms with Crippen LogP contribution in [0.15, 0.2) is 18.7 Å². The van der Waals surface area contributed by atoms with Crippen molar-refractivity contribution in [1.82, 2.24) is 24.9 Å². The van der Waals surface area contributed by atoms with Gasteiger partial charge in [0.2, 0.25) is 5.65 Å². The van der Waals surface area contributed by atoms with Crippen LogP contribution >= 0.6 is 0 Å². The van der Waals surface area contributed by atoms with Crippen LogP contribution in [0.2, 0.25) is 0 Å². The lowest BCUT2D eigenvalue weighted by Crippen LogP contribution is -2.31. The Hall–Kier alpha value is -1.69. The van der Waals surface area contributed by atoms with E-state index in [9.17, 15) is 0 Å². The van der Waals surface area contributed by atoms with Gasteiger partial charge in [-0.2, -0.15) is 0 Å². The van der Waals surface area contributed by atoms with E-state index in [4.69, 9.17) is 0 Å². The molecule has 3 rings (SSSR count). The molecule has 0 aromatic carbocycles. The highest BCUT2D eigenvalue weighted by Gasteiger charge is 2.14. The minimum atomic E-state index is 0.424. The van der Waals surface area contributed by atoms with Gasteiger partial charge in [0.05, 0.1) is 0 Å². The molecule has 6 heteroatoms. The lowest BCUT2D eigenvalue weighted by Gasteiger charge is -2.16. The minimum absolute atomic E-state index is 0.424. The summed E-state index contributed by atoms with van der Waals surface area (Å²) in [7, 11) is 0. The Morgan fingerprint density at radius 3 is 3.41 bits per heavy atom. The summed E-state index contributed by atoms with van der Waals surface area (Å²) < 4.78 is 1.87. The molecule has 0 aliphatic carbocycles. The fourth-order valence-corrected chi connectivity index (χ4v) is 2.20. The van der Waals surface area contributed by atoms with Crippen molar-refractivity contribution in [2.75, 3.05) is 18.4 Å². The van der Waals surface area contributed by atoms with Gasteiger partial charge in [0.1, 0.15) is 6.33 Å². The van der Waals surface area contributed by atoms with Crippen LogP contribution in [0.1, 0.15) is 19.3 Å². The van der Waals surface area contributed by atoms with Crippen molar-refractivity contribution in [3.63, 3.8) is 0 Å². The fraction of sp³-hybridized carbons (Fsp3) is 0.545. The molecule has 2 aromatic heterocycles. The van der Waals surface area contributed by atoms with Gasteiger partial charge >= 0.3 is 0 Å². The lowest BCUT2D eigenvalue weighted by molar-refractivity contribution is 0.634. The highest BCUT2D eigenvalue weighted by molar-refractivity contribution is 5.61. The van der Waals surface area contributed by atoms with Gasteiger partial charge in [-0.05, 0) is 19.4 Å². The molecule has 1 aliphatic rings. The number of nitrogens with one attached hydrogen (secondary N) is 2. The van der Waals surface area contributed by atoms with E-state index in [0.717, 1.165) is 24.6 Å². The molecule has 0 amide bonds. The normalized spacial score (nSPS) is 21.3. The van der Waals surface area contributed by atoms with Gasteiger partial charge in [0.25, 0.3) is 0 Å². The minimum Gasteiger partial charge on any atom is -0.363 e. The second kappa shape index (κ2) is 4.67. The van der Waals surface area contributed by atoms with Gasteiger partial charge in [-0.15, -0.1) is 10.2 Å². The van der Waals surface area contributed by atoms with E-state index in [1.807, 2.05) is 10.6 Å². The van der Waals surface area contributed by atoms with Crippen LogP contribution in [0.3, 0.4) is 0 Å². The van der Waals surface area contributed by atoms with Crippen LogP contribution in [-0.4, -0.2) is 38.7 Å². The number of nitrogens with zero attached hydrogens (tertiary/aromatic N) is 4. The summed E-state index contributed by atoms with van der Waals surface area (Å²) >= 11 is 0. The third-order valence-corrected chi connectivity index (χ3v) is 3.10. The third kappa shape index (κ3) is 2.21. The fourth-order valence-electron chi connectivity index (χ4n) is 2.20. The molecule has 0 saturated carbocycles. The van der Waals surface area contributed by atoms with Crippen molar-refractivity contribution in [3.05, 3.63) is 18.7 Å². The molecular formula is C11H16N6. The first-order chi connectivity index (χ1) is 8.43. The monoisotopic (exact) mass is 232 g/mol. The highest BCUT2D eigenvalue weighted by atomic mass is 15.2. The second-order valence-corrected chi connectivity index (χ2v) is 4.38. The second-order valence-electron chi connectivity index (χ2n) is 4.38. The average Bonchev–Trinajstić information content (AvgIpc) is 2.69. The van der Waals surface area contributed by atoms with E-state index in [1.165, 1.54) is 19.3 Å². The quantitative estimate of drug-likeness (QED) is 0.797. The largest absolute Gasteiger partial charge is 0.363 e. The molecule has 2 aromatic rings. The zero-order valence-electron chi connectivity index (χ0n) is 9.63. The van der Waals surface area contributed by atoms with Crippen LogP contribution in [0.4, 0.5) is 5.82 Å². The molecule has 1 unspecified atom stereocenters. The summed E-state index contributed by atoms with van der Waals surface area (Å²) in [5.74, 6) is 0.818. The van der Waals surface area contributed by atoms with Gasteiger partial charge < -0.3 is 10.6 Å². The zero-order valence-corrected chi connectivity index (χ0v) is 9.63. The standard InChI is InChI=1S/C11H16N6/c1-2-4-12-7-9(3-1)15-10-11-16-14-8-17(11)6-5-13-10/h5-6,8-9,12H,1-4,7H2,(H,13,15). The van der Waals surface area contributed by atoms with Crippen molar-refractivity contribution < 1.29 is 0 Å². The summed E-state index contributed by atoms with van der Waals surface area (Å²) in [5, 5.41) is 14.8. The molecule has 1 saturated heterocycles. The van der Waals surface area contributed by atoms with E-state index in [2.05, 4.69) is 25.8 Å². The smallest absolute Gasteiger partial charge is 0.203 e. The summed E-state index contributed by atoms with van der Waals surface area (Å²) in [4.78, 5) is 4.34. The third-order valence-electron chi connectivity index (χ3n) is 3.10. The Kier molecular flexibility index (Phi) is 2.87. The number of fused-ring (bicyclic) bond motifs is 1. The molecule has 3 heterocycles. The molecule has 17 heavy (non-hydrogen) atoms. The van der Waals surface area contributed by atoms with Gasteiger partial charge in [0.15, 0.2) is 5.82 Å². The molecule has 0 radical (unpaired) electrons. The van der Waals surface area contributed by atoms with E-state index < -0.39 is 0 Å². The number of hydrogen-bond acceptors (Lipinski definition) is 5. The van der Waals surface area contributed by atoms with E-state index in [0.29, 0.717) is 6.04 Å². The Labute approximate surface area is 99.5 Å². The van der Waals surface area contributed by atoms with Gasteiger partial charge in [-0.25, -0.2) is 4.98 Å². The van der Waals surface area contributed by atoms with Crippen LogP contribution in [0.5, 0.6) is 0 Å².